The van der Waals surface area contributed by atoms with E-state index < -0.39 is 4.92 Å². The fraction of sp³-hybridized carbons (Fsp3) is 0.294. The quantitative estimate of drug-likeness (QED) is 0.464. The molecule has 8 heteroatoms. The predicted molar refractivity (Wildman–Crippen MR) is 91.8 cm³/mol. The van der Waals surface area contributed by atoms with Crippen molar-refractivity contribution in [1.29, 1.82) is 0 Å². The molecule has 0 saturated heterocycles. The summed E-state index contributed by atoms with van der Waals surface area (Å²) >= 11 is 5.84. The van der Waals surface area contributed by atoms with Crippen molar-refractivity contribution >= 4 is 23.2 Å². The summed E-state index contributed by atoms with van der Waals surface area (Å²) in [4.78, 5) is 28.9. The summed E-state index contributed by atoms with van der Waals surface area (Å²) in [5, 5.41) is 10.8. The van der Waals surface area contributed by atoms with Crippen molar-refractivity contribution in [2.75, 3.05) is 12.4 Å². The number of non-ortho nitro benzene ring substituents is 1. The summed E-state index contributed by atoms with van der Waals surface area (Å²) < 4.78 is 5.84. The average molecular weight is 362 g/mol. The summed E-state index contributed by atoms with van der Waals surface area (Å²) in [7, 11) is 0. The molecule has 7 nitrogen and oxygen atoms in total. The van der Waals surface area contributed by atoms with Crippen LogP contribution in [-0.4, -0.2) is 39.2 Å². The first-order valence-electron chi connectivity index (χ1n) is 7.78. The topological polar surface area (TPSA) is 85.6 Å². The highest BCUT2D eigenvalue weighted by molar-refractivity contribution is 6.17. The number of nitro groups is 1. The maximum Gasteiger partial charge on any atom is 0.269 e. The standard InChI is InChI=1S/C17H16ClN3O4/c18-8-7-14-11-20(10-12-3-5-13(6-4-12)21(23)24)17(22)15-2-1-9-19-16(15)25-14/h1-6,9,14H,7-8,10-11H2. The molecule has 0 bridgehead atoms. The van der Waals surface area contributed by atoms with Crippen LogP contribution in [0, 0.1) is 10.1 Å². The fourth-order valence-electron chi connectivity index (χ4n) is 2.69. The zero-order chi connectivity index (χ0) is 17.8. The van der Waals surface area contributed by atoms with Gasteiger partial charge in [0.2, 0.25) is 5.88 Å². The molecule has 0 aliphatic carbocycles. The number of aromatic nitrogens is 1. The van der Waals surface area contributed by atoms with Crippen molar-refractivity contribution in [2.24, 2.45) is 0 Å². The van der Waals surface area contributed by atoms with Gasteiger partial charge in [-0.15, -0.1) is 11.6 Å². The molecular weight excluding hydrogens is 346 g/mol. The van der Waals surface area contributed by atoms with Crippen molar-refractivity contribution < 1.29 is 14.5 Å². The molecule has 1 aliphatic heterocycles. The van der Waals surface area contributed by atoms with Crippen LogP contribution in [0.15, 0.2) is 42.6 Å². The maximum absolute atomic E-state index is 12.8. The van der Waals surface area contributed by atoms with Gasteiger partial charge in [-0.1, -0.05) is 12.1 Å². The number of ether oxygens (including phenoxy) is 1. The summed E-state index contributed by atoms with van der Waals surface area (Å²) in [6.07, 6.45) is 1.91. The monoisotopic (exact) mass is 361 g/mol. The van der Waals surface area contributed by atoms with E-state index in [1.165, 1.54) is 12.1 Å². The van der Waals surface area contributed by atoms with Crippen LogP contribution in [0.5, 0.6) is 5.88 Å². The van der Waals surface area contributed by atoms with E-state index in [0.29, 0.717) is 36.8 Å². The number of fused-ring (bicyclic) bond motifs is 1. The molecule has 130 valence electrons. The maximum atomic E-state index is 12.8. The molecular formula is C17H16ClN3O4. The minimum Gasteiger partial charge on any atom is -0.472 e. The molecule has 25 heavy (non-hydrogen) atoms. The number of carbonyl (C=O) groups excluding carboxylic acids is 1. The van der Waals surface area contributed by atoms with E-state index in [1.807, 2.05) is 0 Å². The highest BCUT2D eigenvalue weighted by Crippen LogP contribution is 2.25. The molecule has 0 spiro atoms. The zero-order valence-corrected chi connectivity index (χ0v) is 14.1. The predicted octanol–water partition coefficient (Wildman–Crippen LogP) is 3.02. The fourth-order valence-corrected chi connectivity index (χ4v) is 2.94. The molecule has 1 aromatic carbocycles. The van der Waals surface area contributed by atoms with E-state index in [1.54, 1.807) is 35.4 Å². The van der Waals surface area contributed by atoms with Crippen molar-refractivity contribution in [3.05, 3.63) is 63.8 Å². The Kier molecular flexibility index (Phi) is 5.14. The number of hydrogen-bond acceptors (Lipinski definition) is 5. The van der Waals surface area contributed by atoms with Gasteiger partial charge in [-0.25, -0.2) is 4.98 Å². The van der Waals surface area contributed by atoms with E-state index in [4.69, 9.17) is 16.3 Å². The van der Waals surface area contributed by atoms with E-state index >= 15 is 0 Å². The first-order valence-corrected chi connectivity index (χ1v) is 8.32. The number of alkyl halides is 1. The largest absolute Gasteiger partial charge is 0.472 e. The van der Waals surface area contributed by atoms with Gasteiger partial charge in [-0.2, -0.15) is 0 Å². The number of amides is 1. The molecule has 1 aromatic heterocycles. The molecule has 0 saturated carbocycles. The Hall–Kier alpha value is -2.67. The Labute approximate surface area is 149 Å². The molecule has 0 fully saturated rings. The lowest BCUT2D eigenvalue weighted by Crippen LogP contribution is -2.36. The molecule has 1 amide bonds. The Morgan fingerprint density at radius 3 is 2.76 bits per heavy atom. The van der Waals surface area contributed by atoms with Gasteiger partial charge in [-0.05, 0) is 24.1 Å². The summed E-state index contributed by atoms with van der Waals surface area (Å²) in [5.41, 5.74) is 1.22. The van der Waals surface area contributed by atoms with Crippen LogP contribution in [0.1, 0.15) is 22.3 Å². The Morgan fingerprint density at radius 2 is 2.08 bits per heavy atom. The second-order valence-electron chi connectivity index (χ2n) is 5.68. The summed E-state index contributed by atoms with van der Waals surface area (Å²) in [6, 6.07) is 9.53. The molecule has 3 rings (SSSR count). The third-order valence-electron chi connectivity index (χ3n) is 3.94. The lowest BCUT2D eigenvalue weighted by molar-refractivity contribution is -0.384. The van der Waals surface area contributed by atoms with Crippen molar-refractivity contribution in [3.8, 4) is 5.88 Å². The normalized spacial score (nSPS) is 16.8. The average Bonchev–Trinajstić information content (AvgIpc) is 2.73. The van der Waals surface area contributed by atoms with Crippen LogP contribution in [0.2, 0.25) is 0 Å². The second-order valence-corrected chi connectivity index (χ2v) is 6.06. The molecule has 2 aromatic rings. The first kappa shape index (κ1) is 17.2. The van der Waals surface area contributed by atoms with Crippen molar-refractivity contribution in [3.63, 3.8) is 0 Å². The van der Waals surface area contributed by atoms with Crippen LogP contribution in [-0.2, 0) is 6.54 Å². The number of nitrogens with zero attached hydrogens (tertiary/aromatic N) is 3. The van der Waals surface area contributed by atoms with Crippen LogP contribution < -0.4 is 4.74 Å². The van der Waals surface area contributed by atoms with Crippen LogP contribution in [0.3, 0.4) is 0 Å². The molecule has 2 heterocycles. The summed E-state index contributed by atoms with van der Waals surface area (Å²) in [5.74, 6) is 0.541. The lowest BCUT2D eigenvalue weighted by atomic mass is 10.1. The number of pyridine rings is 1. The van der Waals surface area contributed by atoms with E-state index in [-0.39, 0.29) is 17.7 Å². The minimum atomic E-state index is -0.451. The summed E-state index contributed by atoms with van der Waals surface area (Å²) in [6.45, 7) is 0.701. The zero-order valence-electron chi connectivity index (χ0n) is 13.3. The van der Waals surface area contributed by atoms with Crippen molar-refractivity contribution in [1.82, 2.24) is 9.88 Å². The van der Waals surface area contributed by atoms with E-state index in [0.717, 1.165) is 5.56 Å². The smallest absolute Gasteiger partial charge is 0.269 e. The SMILES string of the molecule is O=C1c2cccnc2OC(CCCl)CN1Cc1ccc([N+](=O)[O-])cc1. The van der Waals surface area contributed by atoms with Crippen molar-refractivity contribution in [2.45, 2.75) is 19.1 Å². The number of nitro benzene ring substituents is 1. The molecule has 1 unspecified atom stereocenters. The third-order valence-corrected chi connectivity index (χ3v) is 4.16. The van der Waals surface area contributed by atoms with Crippen LogP contribution >= 0.6 is 11.6 Å². The third kappa shape index (κ3) is 3.88. The highest BCUT2D eigenvalue weighted by atomic mass is 35.5. The highest BCUT2D eigenvalue weighted by Gasteiger charge is 2.29. The van der Waals surface area contributed by atoms with Gasteiger partial charge in [0.05, 0.1) is 11.5 Å². The number of hydrogen-bond donors (Lipinski definition) is 0. The van der Waals surface area contributed by atoms with E-state index in [9.17, 15) is 14.9 Å². The van der Waals surface area contributed by atoms with Gasteiger partial charge in [0.25, 0.3) is 11.6 Å². The molecule has 1 aliphatic rings. The molecule has 0 N–H and O–H groups in total. The first-order chi connectivity index (χ1) is 12.1. The van der Waals surface area contributed by atoms with Gasteiger partial charge >= 0.3 is 0 Å². The number of carbonyl (C=O) groups is 1. The Morgan fingerprint density at radius 1 is 1.32 bits per heavy atom. The second kappa shape index (κ2) is 7.48. The Bertz CT molecular complexity index is 782. The number of halogens is 1. The van der Waals surface area contributed by atoms with E-state index in [2.05, 4.69) is 4.98 Å². The lowest BCUT2D eigenvalue weighted by Gasteiger charge is -2.23. The minimum absolute atomic E-state index is 0.0174. The number of rotatable bonds is 5. The Balaban J connectivity index is 1.85. The number of benzene rings is 1. The molecule has 1 atom stereocenters. The molecule has 0 radical (unpaired) electrons. The van der Waals surface area contributed by atoms with Gasteiger partial charge in [0.1, 0.15) is 11.7 Å². The van der Waals surface area contributed by atoms with Gasteiger partial charge in [0, 0.05) is 30.8 Å². The van der Waals surface area contributed by atoms with Gasteiger partial charge in [0.15, 0.2) is 0 Å². The van der Waals surface area contributed by atoms with Crippen LogP contribution in [0.4, 0.5) is 5.69 Å². The van der Waals surface area contributed by atoms with Crippen LogP contribution in [0.25, 0.3) is 0 Å². The van der Waals surface area contributed by atoms with Gasteiger partial charge in [-0.3, -0.25) is 14.9 Å². The van der Waals surface area contributed by atoms with Gasteiger partial charge < -0.3 is 9.64 Å².